The molecule has 210 valence electrons. The van der Waals surface area contributed by atoms with Crippen molar-refractivity contribution >= 4 is 17.6 Å². The van der Waals surface area contributed by atoms with Crippen LogP contribution in [0.5, 0.6) is 11.5 Å². The number of nitriles is 1. The van der Waals surface area contributed by atoms with E-state index in [2.05, 4.69) is 35.3 Å². The highest BCUT2D eigenvalue weighted by atomic mass is 16.7. The Kier molecular flexibility index (Phi) is 7.55. The van der Waals surface area contributed by atoms with Crippen molar-refractivity contribution in [3.05, 3.63) is 63.7 Å². The van der Waals surface area contributed by atoms with E-state index in [1.54, 1.807) is 30.5 Å². The number of nitrogens with one attached hydrogen (secondary N) is 2. The standard InChI is InChI=1S/C30H37N7O3/c1-17(2)37-9-7-30(8-10-37)38-16-22-12-20(11-21(14-31)28(22)40-30)27(33)24-13-23(5-6-25(24)32)39-29(34)26-18(3)15-35-36-19(26)4/h5-6,11-13,15,17,19,29,33,36H,7-10,16,32,34H2,1-4H3/t19?,29-/m0/s1. The molecule has 0 bridgehead atoms. The molecule has 0 aliphatic carbocycles. The zero-order valence-corrected chi connectivity index (χ0v) is 23.5. The number of rotatable bonds is 6. The van der Waals surface area contributed by atoms with Crippen LogP contribution in [0, 0.1) is 16.7 Å². The van der Waals surface area contributed by atoms with Gasteiger partial charge in [-0.1, -0.05) is 0 Å². The molecule has 6 N–H and O–H groups in total. The molecule has 1 spiro atoms. The van der Waals surface area contributed by atoms with E-state index >= 15 is 0 Å². The van der Waals surface area contributed by atoms with Crippen molar-refractivity contribution in [3.63, 3.8) is 0 Å². The average Bonchev–Trinajstić information content (AvgIpc) is 2.93. The first kappa shape index (κ1) is 27.6. The molecule has 2 aromatic carbocycles. The molecule has 5 rings (SSSR count). The molecule has 0 radical (unpaired) electrons. The largest absolute Gasteiger partial charge is 0.472 e. The SMILES string of the molecule is CC1=C([C@@H](N)Oc2ccc(N)c(C(=N)c3cc(C#N)c4c(c3)COC3(CCN(C(C)C)CC3)O4)c2)C(C)NN=C1. The molecular formula is C30H37N7O3. The number of hydrazone groups is 1. The van der Waals surface area contributed by atoms with Gasteiger partial charge in [0.25, 0.3) is 0 Å². The molecule has 1 unspecified atom stereocenters. The van der Waals surface area contributed by atoms with Crippen LogP contribution in [0.1, 0.15) is 62.8 Å². The molecule has 1 saturated heterocycles. The summed E-state index contributed by atoms with van der Waals surface area (Å²) in [6.07, 6.45) is 2.48. The molecule has 10 heteroatoms. The Labute approximate surface area is 235 Å². The highest BCUT2D eigenvalue weighted by Crippen LogP contribution is 2.40. The van der Waals surface area contributed by atoms with E-state index in [1.165, 1.54) is 0 Å². The van der Waals surface area contributed by atoms with Crippen molar-refractivity contribution in [2.24, 2.45) is 10.8 Å². The number of nitrogens with zero attached hydrogens (tertiary/aromatic N) is 3. The second-order valence-electron chi connectivity index (χ2n) is 11.0. The maximum atomic E-state index is 10.0. The lowest BCUT2D eigenvalue weighted by atomic mass is 9.94. The molecular weight excluding hydrogens is 506 g/mol. The fourth-order valence-electron chi connectivity index (χ4n) is 5.59. The van der Waals surface area contributed by atoms with Crippen molar-refractivity contribution in [2.45, 2.75) is 71.2 Å². The van der Waals surface area contributed by atoms with Gasteiger partial charge >= 0.3 is 0 Å². The Morgan fingerprint density at radius 2 is 2.02 bits per heavy atom. The number of fused-ring (bicyclic) bond motifs is 1. The van der Waals surface area contributed by atoms with Gasteiger partial charge in [-0.15, -0.1) is 0 Å². The fraction of sp³-hybridized carbons (Fsp3) is 0.433. The van der Waals surface area contributed by atoms with Crippen molar-refractivity contribution in [3.8, 4) is 17.6 Å². The summed E-state index contributed by atoms with van der Waals surface area (Å²) in [5.74, 6) is 0.303. The van der Waals surface area contributed by atoms with Crippen LogP contribution in [-0.2, 0) is 11.3 Å². The van der Waals surface area contributed by atoms with Crippen molar-refractivity contribution in [2.75, 3.05) is 18.8 Å². The maximum absolute atomic E-state index is 10.0. The normalized spacial score (nSPS) is 20.9. The number of piperidine rings is 1. The van der Waals surface area contributed by atoms with Crippen LogP contribution in [-0.4, -0.2) is 54.0 Å². The van der Waals surface area contributed by atoms with Crippen molar-refractivity contribution in [1.82, 2.24) is 10.3 Å². The van der Waals surface area contributed by atoms with Gasteiger partial charge in [0, 0.05) is 66.1 Å². The number of nitrogen functional groups attached to an aromatic ring is 1. The van der Waals surface area contributed by atoms with E-state index in [0.717, 1.165) is 42.6 Å². The Hall–Kier alpha value is -3.91. The Balaban J connectivity index is 1.38. The van der Waals surface area contributed by atoms with E-state index in [0.29, 0.717) is 46.5 Å². The molecule has 1 fully saturated rings. The molecule has 3 aliphatic heterocycles. The van der Waals surface area contributed by atoms with Crippen LogP contribution >= 0.6 is 0 Å². The fourth-order valence-corrected chi connectivity index (χ4v) is 5.59. The summed E-state index contributed by atoms with van der Waals surface area (Å²) >= 11 is 0. The second kappa shape index (κ2) is 10.9. The second-order valence-corrected chi connectivity index (χ2v) is 11.0. The Morgan fingerprint density at radius 3 is 2.70 bits per heavy atom. The number of benzene rings is 2. The van der Waals surface area contributed by atoms with E-state index < -0.39 is 12.0 Å². The molecule has 0 amide bonds. The highest BCUT2D eigenvalue weighted by molar-refractivity contribution is 6.14. The summed E-state index contributed by atoms with van der Waals surface area (Å²) in [7, 11) is 0. The van der Waals surface area contributed by atoms with Crippen LogP contribution < -0.4 is 26.4 Å². The maximum Gasteiger partial charge on any atom is 0.213 e. The molecule has 40 heavy (non-hydrogen) atoms. The van der Waals surface area contributed by atoms with Gasteiger partial charge in [-0.3, -0.25) is 11.1 Å². The van der Waals surface area contributed by atoms with Gasteiger partial charge in [0.05, 0.1) is 23.9 Å². The summed E-state index contributed by atoms with van der Waals surface area (Å²) < 4.78 is 18.7. The van der Waals surface area contributed by atoms with Gasteiger partial charge in [-0.25, -0.2) is 0 Å². The lowest BCUT2D eigenvalue weighted by molar-refractivity contribution is -0.229. The minimum Gasteiger partial charge on any atom is -0.472 e. The Bertz CT molecular complexity index is 1420. The third-order valence-corrected chi connectivity index (χ3v) is 7.96. The van der Waals surface area contributed by atoms with E-state index in [9.17, 15) is 5.26 Å². The van der Waals surface area contributed by atoms with E-state index in [1.807, 2.05) is 19.9 Å². The number of hydrogen-bond acceptors (Lipinski definition) is 10. The van der Waals surface area contributed by atoms with Gasteiger partial charge < -0.3 is 30.3 Å². The van der Waals surface area contributed by atoms with Gasteiger partial charge in [0.1, 0.15) is 17.6 Å². The number of nitrogens with two attached hydrogens (primary N) is 2. The topological polar surface area (TPSA) is 155 Å². The summed E-state index contributed by atoms with van der Waals surface area (Å²) in [4.78, 5) is 2.40. The number of ether oxygens (including phenoxy) is 3. The smallest absolute Gasteiger partial charge is 0.213 e. The molecule has 2 atom stereocenters. The van der Waals surface area contributed by atoms with Gasteiger partial charge in [-0.05, 0) is 63.6 Å². The molecule has 10 nitrogen and oxygen atoms in total. The number of anilines is 1. The van der Waals surface area contributed by atoms with Crippen LogP contribution in [0.25, 0.3) is 0 Å². The zero-order valence-electron chi connectivity index (χ0n) is 23.5. The van der Waals surface area contributed by atoms with E-state index in [-0.39, 0.29) is 11.8 Å². The number of allylic oxidation sites excluding steroid dienone is 1. The van der Waals surface area contributed by atoms with Crippen LogP contribution in [0.15, 0.2) is 46.6 Å². The minimum atomic E-state index is -0.723. The third-order valence-electron chi connectivity index (χ3n) is 7.96. The third kappa shape index (κ3) is 5.28. The van der Waals surface area contributed by atoms with Crippen molar-refractivity contribution in [1.29, 1.82) is 10.7 Å². The first-order valence-corrected chi connectivity index (χ1v) is 13.6. The summed E-state index contributed by atoms with van der Waals surface area (Å²) in [5.41, 5.74) is 20.2. The monoisotopic (exact) mass is 543 g/mol. The molecule has 0 saturated carbocycles. The lowest BCUT2D eigenvalue weighted by Crippen LogP contribution is -2.52. The van der Waals surface area contributed by atoms with Gasteiger partial charge in [0.15, 0.2) is 6.23 Å². The van der Waals surface area contributed by atoms with Crippen LogP contribution in [0.3, 0.4) is 0 Å². The molecule has 3 heterocycles. The first-order valence-electron chi connectivity index (χ1n) is 13.6. The number of likely N-dealkylation sites (tertiary alicyclic amines) is 1. The van der Waals surface area contributed by atoms with Gasteiger partial charge in [-0.2, -0.15) is 10.4 Å². The van der Waals surface area contributed by atoms with Gasteiger partial charge in [0.2, 0.25) is 5.79 Å². The van der Waals surface area contributed by atoms with Crippen LogP contribution in [0.2, 0.25) is 0 Å². The highest BCUT2D eigenvalue weighted by Gasteiger charge is 2.42. The zero-order chi connectivity index (χ0) is 28.6. The summed E-state index contributed by atoms with van der Waals surface area (Å²) in [5, 5.41) is 23.1. The average molecular weight is 544 g/mol. The number of hydrogen-bond donors (Lipinski definition) is 4. The lowest BCUT2D eigenvalue weighted by Gasteiger charge is -2.45. The predicted molar refractivity (Wildman–Crippen MR) is 154 cm³/mol. The van der Waals surface area contributed by atoms with E-state index in [4.69, 9.17) is 31.1 Å². The van der Waals surface area contributed by atoms with Crippen molar-refractivity contribution < 1.29 is 14.2 Å². The predicted octanol–water partition coefficient (Wildman–Crippen LogP) is 3.62. The van der Waals surface area contributed by atoms with Crippen LogP contribution in [0.4, 0.5) is 5.69 Å². The Morgan fingerprint density at radius 1 is 1.27 bits per heavy atom. The molecule has 2 aromatic rings. The molecule has 0 aromatic heterocycles. The summed E-state index contributed by atoms with van der Waals surface area (Å²) in [6.45, 7) is 10.3. The summed E-state index contributed by atoms with van der Waals surface area (Å²) in [6, 6.07) is 11.3. The first-order chi connectivity index (χ1) is 19.1. The minimum absolute atomic E-state index is 0.0715. The molecule has 3 aliphatic rings. The quantitative estimate of drug-likeness (QED) is 0.245.